The molecule has 0 spiro atoms. The van der Waals surface area contributed by atoms with E-state index in [-0.39, 0.29) is 11.1 Å². The van der Waals surface area contributed by atoms with E-state index in [2.05, 4.69) is 15.3 Å². The van der Waals surface area contributed by atoms with Gasteiger partial charge in [-0.15, -0.1) is 0 Å². The summed E-state index contributed by atoms with van der Waals surface area (Å²) in [7, 11) is 1.64. The van der Waals surface area contributed by atoms with Crippen molar-refractivity contribution < 1.29 is 18.0 Å². The van der Waals surface area contributed by atoms with Crippen LogP contribution in [0.2, 0.25) is 0 Å². The third-order valence-electron chi connectivity index (χ3n) is 5.07. The second-order valence-electron chi connectivity index (χ2n) is 7.28. The Bertz CT molecular complexity index is 1410. The fourth-order valence-electron chi connectivity index (χ4n) is 3.34. The molecule has 0 aliphatic carbocycles. The molecule has 0 bridgehead atoms. The summed E-state index contributed by atoms with van der Waals surface area (Å²) < 4.78 is 40.1. The molecule has 32 heavy (non-hydrogen) atoms. The smallest absolute Gasteiger partial charge is 0.322 e. The molecule has 6 nitrogen and oxygen atoms in total. The van der Waals surface area contributed by atoms with E-state index < -0.39 is 17.8 Å². The van der Waals surface area contributed by atoms with Crippen LogP contribution in [-0.4, -0.2) is 20.4 Å². The molecule has 4 rings (SSSR count). The molecule has 0 unspecified atom stereocenters. The van der Waals surface area contributed by atoms with Crippen molar-refractivity contribution in [2.75, 3.05) is 5.32 Å². The van der Waals surface area contributed by atoms with Gasteiger partial charge in [0, 0.05) is 47.7 Å². The fourth-order valence-corrected chi connectivity index (χ4v) is 3.34. The van der Waals surface area contributed by atoms with Gasteiger partial charge in [-0.3, -0.25) is 19.1 Å². The summed E-state index contributed by atoms with van der Waals surface area (Å²) >= 11 is 0. The molecule has 0 aliphatic rings. The molecule has 4 aromatic rings. The standard InChI is InChI=1S/C23H17F3N4O2/c1-13-3-5-17(29-22(32)15-7-8-27-19(10-15)23(24,25)26)11-18(13)16-9-14-4-6-20(31)30(2)21(14)28-12-16/h3-12H,1-2H3,(H,29,32). The summed E-state index contributed by atoms with van der Waals surface area (Å²) in [6.07, 6.45) is -2.06. The Hall–Kier alpha value is -4.01. The van der Waals surface area contributed by atoms with E-state index in [9.17, 15) is 22.8 Å². The molecular formula is C23H17F3N4O2. The summed E-state index contributed by atoms with van der Waals surface area (Å²) in [5.41, 5.74) is 1.99. The Morgan fingerprint density at radius 2 is 1.81 bits per heavy atom. The lowest BCUT2D eigenvalue weighted by Gasteiger charge is -2.12. The number of hydrogen-bond acceptors (Lipinski definition) is 4. The van der Waals surface area contributed by atoms with Crippen LogP contribution in [0.5, 0.6) is 0 Å². The van der Waals surface area contributed by atoms with Crippen LogP contribution in [0.3, 0.4) is 0 Å². The van der Waals surface area contributed by atoms with Crippen LogP contribution in [-0.2, 0) is 13.2 Å². The number of aromatic nitrogens is 3. The van der Waals surface area contributed by atoms with E-state index in [1.165, 1.54) is 16.7 Å². The molecule has 0 fully saturated rings. The predicted octanol–water partition coefficient (Wildman–Crippen LogP) is 4.58. The molecule has 1 aromatic carbocycles. The maximum atomic E-state index is 12.9. The molecular weight excluding hydrogens is 421 g/mol. The highest BCUT2D eigenvalue weighted by molar-refractivity contribution is 6.04. The van der Waals surface area contributed by atoms with Crippen LogP contribution in [0.4, 0.5) is 18.9 Å². The van der Waals surface area contributed by atoms with Crippen LogP contribution in [0.25, 0.3) is 22.2 Å². The summed E-state index contributed by atoms with van der Waals surface area (Å²) in [5, 5.41) is 3.40. The molecule has 162 valence electrons. The quantitative estimate of drug-likeness (QED) is 0.508. The summed E-state index contributed by atoms with van der Waals surface area (Å²) in [6, 6.07) is 12.2. The molecule has 3 aromatic heterocycles. The average Bonchev–Trinajstić information content (AvgIpc) is 2.77. The van der Waals surface area contributed by atoms with Gasteiger partial charge < -0.3 is 5.32 Å². The van der Waals surface area contributed by atoms with E-state index in [0.29, 0.717) is 17.4 Å². The van der Waals surface area contributed by atoms with Gasteiger partial charge in [0.1, 0.15) is 11.3 Å². The highest BCUT2D eigenvalue weighted by atomic mass is 19.4. The first-order valence-corrected chi connectivity index (χ1v) is 9.55. The maximum absolute atomic E-state index is 12.9. The minimum atomic E-state index is -4.64. The zero-order valence-electron chi connectivity index (χ0n) is 17.1. The second kappa shape index (κ2) is 7.92. The van der Waals surface area contributed by atoms with Crippen molar-refractivity contribution in [1.82, 2.24) is 14.5 Å². The van der Waals surface area contributed by atoms with Gasteiger partial charge in [-0.25, -0.2) is 4.98 Å². The molecule has 3 heterocycles. The SMILES string of the molecule is Cc1ccc(NC(=O)c2ccnc(C(F)(F)F)c2)cc1-c1cnc2c(ccc(=O)n2C)c1. The summed E-state index contributed by atoms with van der Waals surface area (Å²) in [6.45, 7) is 1.89. The number of carbonyl (C=O) groups is 1. The lowest BCUT2D eigenvalue weighted by Crippen LogP contribution is -2.16. The number of nitrogens with zero attached hydrogens (tertiary/aromatic N) is 3. The first-order chi connectivity index (χ1) is 15.1. The van der Waals surface area contributed by atoms with E-state index in [1.54, 1.807) is 37.5 Å². The van der Waals surface area contributed by atoms with Crippen molar-refractivity contribution in [3.8, 4) is 11.1 Å². The number of aryl methyl sites for hydroxylation is 2. The minimum Gasteiger partial charge on any atom is -0.322 e. The summed E-state index contributed by atoms with van der Waals surface area (Å²) in [4.78, 5) is 32.0. The van der Waals surface area contributed by atoms with E-state index in [4.69, 9.17) is 0 Å². The third-order valence-corrected chi connectivity index (χ3v) is 5.07. The Morgan fingerprint density at radius 3 is 2.56 bits per heavy atom. The Morgan fingerprint density at radius 1 is 1.03 bits per heavy atom. The number of carbonyl (C=O) groups excluding carboxylic acids is 1. The summed E-state index contributed by atoms with van der Waals surface area (Å²) in [5.74, 6) is -0.681. The number of pyridine rings is 3. The zero-order chi connectivity index (χ0) is 23.0. The van der Waals surface area contributed by atoms with Gasteiger partial charge in [0.25, 0.3) is 11.5 Å². The van der Waals surface area contributed by atoms with Gasteiger partial charge in [0.15, 0.2) is 0 Å². The Kier molecular flexibility index (Phi) is 5.25. The third kappa shape index (κ3) is 4.09. The van der Waals surface area contributed by atoms with Gasteiger partial charge in [0.05, 0.1) is 0 Å². The Balaban J connectivity index is 1.66. The number of amides is 1. The van der Waals surface area contributed by atoms with Gasteiger partial charge >= 0.3 is 6.18 Å². The van der Waals surface area contributed by atoms with Crippen molar-refractivity contribution in [2.24, 2.45) is 7.05 Å². The lowest BCUT2D eigenvalue weighted by molar-refractivity contribution is -0.141. The first kappa shape index (κ1) is 21.2. The van der Waals surface area contributed by atoms with Crippen molar-refractivity contribution in [3.63, 3.8) is 0 Å². The van der Waals surface area contributed by atoms with Crippen molar-refractivity contribution >= 4 is 22.6 Å². The van der Waals surface area contributed by atoms with E-state index in [1.807, 2.05) is 13.0 Å². The molecule has 1 N–H and O–H groups in total. The number of benzene rings is 1. The molecule has 0 saturated heterocycles. The van der Waals surface area contributed by atoms with Gasteiger partial charge in [-0.1, -0.05) is 6.07 Å². The number of nitrogens with one attached hydrogen (secondary N) is 1. The van der Waals surface area contributed by atoms with Crippen LogP contribution >= 0.6 is 0 Å². The van der Waals surface area contributed by atoms with Gasteiger partial charge in [0.2, 0.25) is 0 Å². The molecule has 0 atom stereocenters. The largest absolute Gasteiger partial charge is 0.433 e. The van der Waals surface area contributed by atoms with E-state index >= 15 is 0 Å². The number of fused-ring (bicyclic) bond motifs is 1. The topological polar surface area (TPSA) is 76.9 Å². The van der Waals surface area contributed by atoms with Gasteiger partial charge in [-0.05, 0) is 54.4 Å². The molecule has 0 aliphatic heterocycles. The zero-order valence-corrected chi connectivity index (χ0v) is 17.1. The highest BCUT2D eigenvalue weighted by Crippen LogP contribution is 2.30. The normalized spacial score (nSPS) is 11.5. The van der Waals surface area contributed by atoms with Crippen molar-refractivity contribution in [3.05, 3.63) is 88.1 Å². The fraction of sp³-hybridized carbons (Fsp3) is 0.130. The van der Waals surface area contributed by atoms with Crippen molar-refractivity contribution in [1.29, 1.82) is 0 Å². The van der Waals surface area contributed by atoms with Crippen molar-refractivity contribution in [2.45, 2.75) is 13.1 Å². The van der Waals surface area contributed by atoms with E-state index in [0.717, 1.165) is 28.3 Å². The van der Waals surface area contributed by atoms with Gasteiger partial charge in [-0.2, -0.15) is 13.2 Å². The van der Waals surface area contributed by atoms with Crippen LogP contribution in [0.1, 0.15) is 21.6 Å². The average molecular weight is 438 g/mol. The van der Waals surface area contributed by atoms with Crippen LogP contribution in [0.15, 0.2) is 65.7 Å². The molecule has 9 heteroatoms. The minimum absolute atomic E-state index is 0.150. The maximum Gasteiger partial charge on any atom is 0.433 e. The van der Waals surface area contributed by atoms with Crippen LogP contribution in [0, 0.1) is 6.92 Å². The number of alkyl halides is 3. The number of rotatable bonds is 3. The molecule has 0 radical (unpaired) electrons. The number of hydrogen-bond donors (Lipinski definition) is 1. The van der Waals surface area contributed by atoms with Crippen LogP contribution < -0.4 is 10.9 Å². The number of anilines is 1. The molecule has 0 saturated carbocycles. The number of halogens is 3. The lowest BCUT2D eigenvalue weighted by atomic mass is 10.0. The monoisotopic (exact) mass is 438 g/mol. The first-order valence-electron chi connectivity index (χ1n) is 9.55. The second-order valence-corrected chi connectivity index (χ2v) is 7.28. The Labute approximate surface area is 180 Å². The predicted molar refractivity (Wildman–Crippen MR) is 114 cm³/mol. The molecule has 1 amide bonds. The highest BCUT2D eigenvalue weighted by Gasteiger charge is 2.33.